The van der Waals surface area contributed by atoms with E-state index in [0.29, 0.717) is 5.95 Å². The second-order valence-corrected chi connectivity index (χ2v) is 4.76. The lowest BCUT2D eigenvalue weighted by molar-refractivity contribution is 0.586. The van der Waals surface area contributed by atoms with Crippen LogP contribution in [0.15, 0.2) is 18.2 Å². The lowest BCUT2D eigenvalue weighted by Gasteiger charge is -2.16. The zero-order valence-corrected chi connectivity index (χ0v) is 11.2. The van der Waals surface area contributed by atoms with Crippen LogP contribution in [0.1, 0.15) is 12.8 Å². The van der Waals surface area contributed by atoms with Gasteiger partial charge >= 0.3 is 0 Å². The van der Waals surface area contributed by atoms with Gasteiger partial charge in [0.2, 0.25) is 17.8 Å². The van der Waals surface area contributed by atoms with E-state index in [-0.39, 0.29) is 17.6 Å². The van der Waals surface area contributed by atoms with E-state index in [9.17, 15) is 8.78 Å². The number of benzene rings is 1. The first-order chi connectivity index (χ1) is 10.1. The van der Waals surface area contributed by atoms with Crippen LogP contribution in [0.5, 0.6) is 0 Å². The predicted octanol–water partition coefficient (Wildman–Crippen LogP) is 2.08. The summed E-state index contributed by atoms with van der Waals surface area (Å²) in [6.45, 7) is 1.71. The number of nitrogens with zero attached hydrogens (tertiary/aromatic N) is 4. The molecule has 3 N–H and O–H groups in total. The van der Waals surface area contributed by atoms with Gasteiger partial charge in [0.1, 0.15) is 11.6 Å². The second-order valence-electron chi connectivity index (χ2n) is 4.76. The molecule has 1 saturated heterocycles. The molecular formula is C13H14F2N6. The third-order valence-corrected chi connectivity index (χ3v) is 3.21. The van der Waals surface area contributed by atoms with E-state index in [2.05, 4.69) is 20.3 Å². The van der Waals surface area contributed by atoms with E-state index in [0.717, 1.165) is 38.1 Å². The van der Waals surface area contributed by atoms with Gasteiger partial charge in [-0.05, 0) is 25.0 Å². The second kappa shape index (κ2) is 5.47. The maximum Gasteiger partial charge on any atom is 0.233 e. The van der Waals surface area contributed by atoms with Crippen molar-refractivity contribution in [2.75, 3.05) is 29.0 Å². The maximum atomic E-state index is 13.6. The summed E-state index contributed by atoms with van der Waals surface area (Å²) in [5, 5.41) is 2.69. The number of rotatable bonds is 3. The van der Waals surface area contributed by atoms with E-state index in [1.54, 1.807) is 0 Å². The third-order valence-electron chi connectivity index (χ3n) is 3.21. The summed E-state index contributed by atoms with van der Waals surface area (Å²) in [4.78, 5) is 14.2. The maximum absolute atomic E-state index is 13.6. The third kappa shape index (κ3) is 2.99. The zero-order chi connectivity index (χ0) is 14.8. The van der Waals surface area contributed by atoms with Crippen LogP contribution in [0, 0.1) is 11.6 Å². The standard InChI is InChI=1S/C13H14F2N6/c14-8-3-4-10(9(15)7-8)17-12-18-11(16)19-13(20-12)21-5-1-2-6-21/h3-4,7H,1-2,5-6H2,(H3,16,17,18,19,20). The molecule has 2 aromatic rings. The number of anilines is 4. The van der Waals surface area contributed by atoms with E-state index < -0.39 is 11.6 Å². The molecule has 2 heterocycles. The molecule has 8 heteroatoms. The van der Waals surface area contributed by atoms with Gasteiger partial charge in [-0.2, -0.15) is 15.0 Å². The Labute approximate surface area is 120 Å². The number of nitrogens with two attached hydrogens (primary N) is 1. The Morgan fingerprint density at radius 1 is 1.10 bits per heavy atom. The molecule has 0 amide bonds. The Morgan fingerprint density at radius 2 is 1.86 bits per heavy atom. The highest BCUT2D eigenvalue weighted by Crippen LogP contribution is 2.21. The van der Waals surface area contributed by atoms with Gasteiger partial charge in [0.15, 0.2) is 0 Å². The van der Waals surface area contributed by atoms with Crippen molar-refractivity contribution in [3.8, 4) is 0 Å². The van der Waals surface area contributed by atoms with E-state index in [1.165, 1.54) is 6.07 Å². The molecule has 3 rings (SSSR count). The van der Waals surface area contributed by atoms with E-state index >= 15 is 0 Å². The molecule has 0 atom stereocenters. The fourth-order valence-corrected chi connectivity index (χ4v) is 2.21. The Balaban J connectivity index is 1.87. The largest absolute Gasteiger partial charge is 0.368 e. The smallest absolute Gasteiger partial charge is 0.233 e. The highest BCUT2D eigenvalue weighted by atomic mass is 19.1. The first kappa shape index (κ1) is 13.5. The van der Waals surface area contributed by atoms with Crippen molar-refractivity contribution in [3.05, 3.63) is 29.8 Å². The first-order valence-corrected chi connectivity index (χ1v) is 6.60. The number of halogens is 2. The number of nitrogens with one attached hydrogen (secondary N) is 1. The van der Waals surface area contributed by atoms with Crippen LogP contribution in [-0.4, -0.2) is 28.0 Å². The lowest BCUT2D eigenvalue weighted by Crippen LogP contribution is -2.22. The van der Waals surface area contributed by atoms with Crippen molar-refractivity contribution in [1.29, 1.82) is 0 Å². The van der Waals surface area contributed by atoms with Crippen LogP contribution in [0.4, 0.5) is 32.3 Å². The molecule has 6 nitrogen and oxygen atoms in total. The van der Waals surface area contributed by atoms with Crippen molar-refractivity contribution in [3.63, 3.8) is 0 Å². The molecule has 21 heavy (non-hydrogen) atoms. The number of aromatic nitrogens is 3. The molecule has 0 radical (unpaired) electrons. The minimum Gasteiger partial charge on any atom is -0.368 e. The van der Waals surface area contributed by atoms with Gasteiger partial charge in [0, 0.05) is 19.2 Å². The summed E-state index contributed by atoms with van der Waals surface area (Å²) < 4.78 is 26.5. The molecule has 1 aromatic carbocycles. The average molecular weight is 292 g/mol. The Bertz CT molecular complexity index is 657. The topological polar surface area (TPSA) is 80.0 Å². The van der Waals surface area contributed by atoms with Gasteiger partial charge < -0.3 is 16.0 Å². The Kier molecular flexibility index (Phi) is 3.51. The summed E-state index contributed by atoms with van der Waals surface area (Å²) in [7, 11) is 0. The van der Waals surface area contributed by atoms with Crippen LogP contribution in [0.25, 0.3) is 0 Å². The summed E-state index contributed by atoms with van der Waals surface area (Å²) in [6, 6.07) is 3.21. The van der Waals surface area contributed by atoms with Crippen LogP contribution in [0.3, 0.4) is 0 Å². The summed E-state index contributed by atoms with van der Waals surface area (Å²) in [5.41, 5.74) is 5.74. The van der Waals surface area contributed by atoms with Crippen molar-refractivity contribution < 1.29 is 8.78 Å². The molecule has 0 bridgehead atoms. The van der Waals surface area contributed by atoms with Crippen molar-refractivity contribution in [1.82, 2.24) is 15.0 Å². The monoisotopic (exact) mass is 292 g/mol. The molecule has 1 fully saturated rings. The van der Waals surface area contributed by atoms with Gasteiger partial charge in [-0.25, -0.2) is 8.78 Å². The molecule has 0 unspecified atom stereocenters. The van der Waals surface area contributed by atoms with E-state index in [4.69, 9.17) is 5.73 Å². The Hall–Kier alpha value is -2.51. The molecule has 0 aliphatic carbocycles. The van der Waals surface area contributed by atoms with Crippen molar-refractivity contribution in [2.24, 2.45) is 0 Å². The minimum atomic E-state index is -0.725. The molecule has 110 valence electrons. The molecule has 1 aromatic heterocycles. The van der Waals surface area contributed by atoms with Crippen molar-refractivity contribution >= 4 is 23.5 Å². The molecule has 1 aliphatic rings. The summed E-state index contributed by atoms with van der Waals surface area (Å²) in [5.74, 6) is -0.723. The van der Waals surface area contributed by atoms with E-state index in [1.807, 2.05) is 4.90 Å². The molecule has 1 aliphatic heterocycles. The van der Waals surface area contributed by atoms with Crippen LogP contribution in [-0.2, 0) is 0 Å². The summed E-state index contributed by atoms with van der Waals surface area (Å²) >= 11 is 0. The normalized spacial score (nSPS) is 14.5. The SMILES string of the molecule is Nc1nc(Nc2ccc(F)cc2F)nc(N2CCCC2)n1. The van der Waals surface area contributed by atoms with Gasteiger partial charge in [-0.3, -0.25) is 0 Å². The zero-order valence-electron chi connectivity index (χ0n) is 11.2. The van der Waals surface area contributed by atoms with Crippen LogP contribution < -0.4 is 16.0 Å². The lowest BCUT2D eigenvalue weighted by atomic mass is 10.3. The molecular weight excluding hydrogens is 278 g/mol. The molecule has 0 saturated carbocycles. The molecule has 0 spiro atoms. The fraction of sp³-hybridized carbons (Fsp3) is 0.308. The van der Waals surface area contributed by atoms with Gasteiger partial charge in [0.25, 0.3) is 0 Å². The number of nitrogen functional groups attached to an aromatic ring is 1. The predicted molar refractivity (Wildman–Crippen MR) is 75.3 cm³/mol. The number of hydrogen-bond donors (Lipinski definition) is 2. The fourth-order valence-electron chi connectivity index (χ4n) is 2.21. The van der Waals surface area contributed by atoms with Crippen LogP contribution in [0.2, 0.25) is 0 Å². The highest BCUT2D eigenvalue weighted by Gasteiger charge is 2.17. The minimum absolute atomic E-state index is 0.0527. The number of hydrogen-bond acceptors (Lipinski definition) is 6. The summed E-state index contributed by atoms with van der Waals surface area (Å²) in [6.07, 6.45) is 2.14. The quantitative estimate of drug-likeness (QED) is 0.901. The first-order valence-electron chi connectivity index (χ1n) is 6.60. The highest BCUT2D eigenvalue weighted by molar-refractivity contribution is 5.56. The van der Waals surface area contributed by atoms with Gasteiger partial charge in [-0.1, -0.05) is 0 Å². The average Bonchev–Trinajstić information content (AvgIpc) is 2.95. The van der Waals surface area contributed by atoms with Crippen molar-refractivity contribution in [2.45, 2.75) is 12.8 Å². The van der Waals surface area contributed by atoms with Crippen LogP contribution >= 0.6 is 0 Å². The Morgan fingerprint density at radius 3 is 2.57 bits per heavy atom. The van der Waals surface area contributed by atoms with Gasteiger partial charge in [0.05, 0.1) is 5.69 Å². The van der Waals surface area contributed by atoms with Gasteiger partial charge in [-0.15, -0.1) is 0 Å².